The van der Waals surface area contributed by atoms with Crippen molar-refractivity contribution in [1.29, 1.82) is 0 Å². The van der Waals surface area contributed by atoms with Crippen LogP contribution in [0.25, 0.3) is 0 Å². The lowest BCUT2D eigenvalue weighted by Gasteiger charge is -1.99. The summed E-state index contributed by atoms with van der Waals surface area (Å²) >= 11 is 0. The Morgan fingerprint density at radius 2 is 2.55 bits per heavy atom. The van der Waals surface area contributed by atoms with Gasteiger partial charge in [0.15, 0.2) is 0 Å². The molecule has 3 heteroatoms. The first-order chi connectivity index (χ1) is 5.33. The van der Waals surface area contributed by atoms with Crippen molar-refractivity contribution in [2.45, 2.75) is 18.9 Å². The summed E-state index contributed by atoms with van der Waals surface area (Å²) in [6.45, 7) is 0.802. The highest BCUT2D eigenvalue weighted by molar-refractivity contribution is 5.81. The third-order valence-electron chi connectivity index (χ3n) is 1.61. The maximum Gasteiger partial charge on any atom is 0.330 e. The lowest BCUT2D eigenvalue weighted by Crippen LogP contribution is -2.02. The predicted molar refractivity (Wildman–Crippen MR) is 40.1 cm³/mol. The van der Waals surface area contributed by atoms with E-state index in [9.17, 15) is 4.79 Å². The van der Waals surface area contributed by atoms with Gasteiger partial charge in [0, 0.05) is 12.7 Å². The van der Waals surface area contributed by atoms with E-state index in [2.05, 4.69) is 4.74 Å². The number of ether oxygens (including phenoxy) is 2. The number of hydrogen-bond donors (Lipinski definition) is 0. The standard InChI is InChI=1S/C8H12O3/c1-10-8(9)5-4-7-3-2-6-11-7/h4-5,7H,2-3,6H2,1H3/b5-4+/t7-/m0/s1. The molecule has 0 N–H and O–H groups in total. The molecule has 0 unspecified atom stereocenters. The van der Waals surface area contributed by atoms with E-state index in [0.717, 1.165) is 19.4 Å². The Hall–Kier alpha value is -0.830. The first-order valence-electron chi connectivity index (χ1n) is 3.70. The Bertz CT molecular complexity index is 157. The summed E-state index contributed by atoms with van der Waals surface area (Å²) in [6, 6.07) is 0. The second kappa shape index (κ2) is 4.13. The molecular weight excluding hydrogens is 144 g/mol. The molecule has 0 radical (unpaired) electrons. The van der Waals surface area contributed by atoms with E-state index in [4.69, 9.17) is 4.74 Å². The molecule has 1 rings (SSSR count). The third kappa shape index (κ3) is 2.72. The smallest absolute Gasteiger partial charge is 0.330 e. The lowest BCUT2D eigenvalue weighted by atomic mass is 10.2. The van der Waals surface area contributed by atoms with Crippen molar-refractivity contribution in [3.8, 4) is 0 Å². The second-order valence-corrected chi connectivity index (χ2v) is 2.43. The Morgan fingerprint density at radius 3 is 3.09 bits per heavy atom. The fourth-order valence-electron chi connectivity index (χ4n) is 1.01. The number of hydrogen-bond acceptors (Lipinski definition) is 3. The van der Waals surface area contributed by atoms with Crippen LogP contribution in [0.3, 0.4) is 0 Å². The van der Waals surface area contributed by atoms with Crippen LogP contribution in [0.1, 0.15) is 12.8 Å². The summed E-state index contributed by atoms with van der Waals surface area (Å²) in [5.41, 5.74) is 0. The summed E-state index contributed by atoms with van der Waals surface area (Å²) in [6.07, 6.45) is 5.37. The van der Waals surface area contributed by atoms with Crippen molar-refractivity contribution >= 4 is 5.97 Å². The minimum Gasteiger partial charge on any atom is -0.466 e. The van der Waals surface area contributed by atoms with E-state index in [1.54, 1.807) is 6.08 Å². The second-order valence-electron chi connectivity index (χ2n) is 2.43. The molecule has 0 aliphatic carbocycles. The molecule has 1 heterocycles. The quantitative estimate of drug-likeness (QED) is 0.440. The van der Waals surface area contributed by atoms with Crippen molar-refractivity contribution in [2.75, 3.05) is 13.7 Å². The molecule has 1 atom stereocenters. The Labute approximate surface area is 66.0 Å². The van der Waals surface area contributed by atoms with Crippen LogP contribution in [0.15, 0.2) is 12.2 Å². The van der Waals surface area contributed by atoms with E-state index in [1.165, 1.54) is 13.2 Å². The molecule has 1 aliphatic heterocycles. The molecule has 0 aromatic heterocycles. The monoisotopic (exact) mass is 156 g/mol. The van der Waals surface area contributed by atoms with Crippen LogP contribution in [-0.4, -0.2) is 25.8 Å². The van der Waals surface area contributed by atoms with E-state index in [0.29, 0.717) is 0 Å². The third-order valence-corrected chi connectivity index (χ3v) is 1.61. The Kier molecular flexibility index (Phi) is 3.11. The van der Waals surface area contributed by atoms with Gasteiger partial charge in [-0.15, -0.1) is 0 Å². The van der Waals surface area contributed by atoms with E-state index in [-0.39, 0.29) is 12.1 Å². The molecule has 1 saturated heterocycles. The summed E-state index contributed by atoms with van der Waals surface area (Å²) in [5, 5.41) is 0. The highest BCUT2D eigenvalue weighted by Crippen LogP contribution is 2.12. The molecule has 0 saturated carbocycles. The predicted octanol–water partition coefficient (Wildman–Crippen LogP) is 0.895. The molecule has 3 nitrogen and oxygen atoms in total. The molecular formula is C8H12O3. The maximum absolute atomic E-state index is 10.6. The molecule has 0 aromatic rings. The van der Waals surface area contributed by atoms with Crippen LogP contribution in [0.2, 0.25) is 0 Å². The van der Waals surface area contributed by atoms with Crippen molar-refractivity contribution in [1.82, 2.24) is 0 Å². The van der Waals surface area contributed by atoms with E-state index >= 15 is 0 Å². The van der Waals surface area contributed by atoms with Crippen LogP contribution in [-0.2, 0) is 14.3 Å². The van der Waals surface area contributed by atoms with Gasteiger partial charge < -0.3 is 9.47 Å². The average Bonchev–Trinajstić information content (AvgIpc) is 2.52. The summed E-state index contributed by atoms with van der Waals surface area (Å²) in [7, 11) is 1.36. The van der Waals surface area contributed by atoms with Gasteiger partial charge in [-0.3, -0.25) is 0 Å². The zero-order valence-corrected chi connectivity index (χ0v) is 6.58. The van der Waals surface area contributed by atoms with Gasteiger partial charge in [0.2, 0.25) is 0 Å². The van der Waals surface area contributed by atoms with Gasteiger partial charge in [0.25, 0.3) is 0 Å². The molecule has 0 amide bonds. The van der Waals surface area contributed by atoms with Gasteiger partial charge >= 0.3 is 5.97 Å². The topological polar surface area (TPSA) is 35.5 Å². The molecule has 1 fully saturated rings. The maximum atomic E-state index is 10.6. The minimum atomic E-state index is -0.319. The minimum absolute atomic E-state index is 0.120. The van der Waals surface area contributed by atoms with Crippen molar-refractivity contribution in [3.05, 3.63) is 12.2 Å². The van der Waals surface area contributed by atoms with Gasteiger partial charge in [-0.25, -0.2) is 4.79 Å². The van der Waals surface area contributed by atoms with Crippen LogP contribution >= 0.6 is 0 Å². The molecule has 62 valence electrons. The molecule has 0 spiro atoms. The zero-order chi connectivity index (χ0) is 8.10. The van der Waals surface area contributed by atoms with Crippen LogP contribution in [0.5, 0.6) is 0 Å². The van der Waals surface area contributed by atoms with Crippen molar-refractivity contribution < 1.29 is 14.3 Å². The normalized spacial score (nSPS) is 24.3. The van der Waals surface area contributed by atoms with Crippen LogP contribution < -0.4 is 0 Å². The van der Waals surface area contributed by atoms with Gasteiger partial charge in [0.1, 0.15) is 0 Å². The summed E-state index contributed by atoms with van der Waals surface area (Å²) in [5.74, 6) is -0.319. The van der Waals surface area contributed by atoms with Crippen molar-refractivity contribution in [3.63, 3.8) is 0 Å². The fourth-order valence-corrected chi connectivity index (χ4v) is 1.01. The van der Waals surface area contributed by atoms with Gasteiger partial charge in [-0.05, 0) is 18.9 Å². The number of esters is 1. The summed E-state index contributed by atoms with van der Waals surface area (Å²) in [4.78, 5) is 10.6. The SMILES string of the molecule is COC(=O)/C=C/[C@@H]1CCCO1. The van der Waals surface area contributed by atoms with E-state index < -0.39 is 0 Å². The largest absolute Gasteiger partial charge is 0.466 e. The van der Waals surface area contributed by atoms with Gasteiger partial charge in [-0.1, -0.05) is 0 Å². The lowest BCUT2D eigenvalue weighted by molar-refractivity contribution is -0.134. The number of rotatable bonds is 2. The number of methoxy groups -OCH3 is 1. The highest BCUT2D eigenvalue weighted by atomic mass is 16.5. The zero-order valence-electron chi connectivity index (χ0n) is 6.58. The molecule has 0 bridgehead atoms. The first kappa shape index (κ1) is 8.27. The van der Waals surface area contributed by atoms with Crippen LogP contribution in [0, 0.1) is 0 Å². The average molecular weight is 156 g/mol. The van der Waals surface area contributed by atoms with Crippen molar-refractivity contribution in [2.24, 2.45) is 0 Å². The highest BCUT2D eigenvalue weighted by Gasteiger charge is 2.11. The van der Waals surface area contributed by atoms with Gasteiger partial charge in [0.05, 0.1) is 13.2 Å². The number of carbonyl (C=O) groups is 1. The summed E-state index contributed by atoms with van der Waals surface area (Å²) < 4.78 is 9.68. The first-order valence-corrected chi connectivity index (χ1v) is 3.70. The van der Waals surface area contributed by atoms with E-state index in [1.807, 2.05) is 0 Å². The Morgan fingerprint density at radius 1 is 1.73 bits per heavy atom. The molecule has 0 aromatic carbocycles. The fraction of sp³-hybridized carbons (Fsp3) is 0.625. The van der Waals surface area contributed by atoms with Crippen LogP contribution in [0.4, 0.5) is 0 Å². The number of carbonyl (C=O) groups excluding carboxylic acids is 1. The molecule has 11 heavy (non-hydrogen) atoms. The molecule has 1 aliphatic rings. The van der Waals surface area contributed by atoms with Gasteiger partial charge in [-0.2, -0.15) is 0 Å². The Balaban J connectivity index is 2.27.